The zero-order chi connectivity index (χ0) is 97.3. The maximum atomic E-state index is 13.4. The third kappa shape index (κ3) is 25.8. The number of nitrogens with zero attached hydrogens (tertiary/aromatic N) is 8. The normalized spacial score (nSPS) is 21.2. The summed E-state index contributed by atoms with van der Waals surface area (Å²) in [4.78, 5) is 100. The number of benzene rings is 3. The SMILES string of the molecule is C.C.C.CC(C)(C)OC(=O)NC1=N[C@](C)(c2sc(-c3nnc(-c4ccccc4)o3)cc2Cl)CS(=O)(=O)C1(C)C.CC(C)(C)OC(=O)NC1=N[C@](C)(c2sc(C(=O)NCC(=O)c3ccccc3)cc2Cl)CS(=O)(=O)C1(C)C.CC(C)(C)OC(=O)NC1=N[C@](C)(c2sccc2Cl)CS(=O)(=O)C1(C)C.CC1(C)C(N)=N[C@](C)(c2sc(-c3nnc(-c4ccccc4)o3)cc2Cl)CS1(=O)=O.O=C=O. The molecule has 0 fully saturated rings. The maximum Gasteiger partial charge on any atom is 0.413 e. The molecule has 4 aliphatic rings. The van der Waals surface area contributed by atoms with Gasteiger partial charge in [-0.05, 0) is 199 Å². The lowest BCUT2D eigenvalue weighted by atomic mass is 10.0. The van der Waals surface area contributed by atoms with Crippen LogP contribution in [0.2, 0.25) is 20.1 Å². The van der Waals surface area contributed by atoms with Crippen LogP contribution in [0.5, 0.6) is 0 Å². The summed E-state index contributed by atoms with van der Waals surface area (Å²) < 4.78 is 127. The van der Waals surface area contributed by atoms with Gasteiger partial charge in [-0.25, -0.2) is 48.1 Å². The van der Waals surface area contributed by atoms with Gasteiger partial charge >= 0.3 is 24.4 Å². The first-order chi connectivity index (χ1) is 59.7. The second-order valence-electron chi connectivity index (χ2n) is 36.0. The van der Waals surface area contributed by atoms with E-state index in [0.29, 0.717) is 67.6 Å². The van der Waals surface area contributed by atoms with Gasteiger partial charge in [-0.15, -0.1) is 65.7 Å². The van der Waals surface area contributed by atoms with E-state index >= 15 is 0 Å². The third-order valence-corrected chi connectivity index (χ3v) is 38.0. The molecule has 0 unspecified atom stereocenters. The first-order valence-electron chi connectivity index (χ1n) is 39.5. The minimum absolute atomic E-state index is 0. The Morgan fingerprint density at radius 2 is 0.729 bits per heavy atom. The second-order valence-corrected chi connectivity index (χ2v) is 51.9. The van der Waals surface area contributed by atoms with Gasteiger partial charge in [0.1, 0.15) is 81.3 Å². The van der Waals surface area contributed by atoms with Gasteiger partial charge in [0, 0.05) is 16.7 Å². The maximum absolute atomic E-state index is 13.4. The van der Waals surface area contributed by atoms with E-state index in [1.54, 1.807) is 158 Å². The van der Waals surface area contributed by atoms with Crippen molar-refractivity contribution in [2.24, 2.45) is 25.7 Å². The highest BCUT2D eigenvalue weighted by Crippen LogP contribution is 2.50. The molecule has 9 aromatic rings. The van der Waals surface area contributed by atoms with Crippen molar-refractivity contribution < 1.29 is 90.3 Å². The number of Topliss-reactive ketones (excluding diaryl/α,β-unsaturated/α-hetero) is 1. The minimum Gasteiger partial charge on any atom is -0.444 e. The molecule has 4 aliphatic heterocycles. The molecule has 4 atom stereocenters. The molecule has 6 aromatic heterocycles. The number of hydrogen-bond donors (Lipinski definition) is 5. The lowest BCUT2D eigenvalue weighted by Crippen LogP contribution is -2.57. The van der Waals surface area contributed by atoms with Crippen molar-refractivity contribution in [1.29, 1.82) is 0 Å². The Bertz CT molecular complexity index is 6460. The Morgan fingerprint density at radius 3 is 1.05 bits per heavy atom. The zero-order valence-corrected chi connectivity index (χ0v) is 84.2. The van der Waals surface area contributed by atoms with Gasteiger partial charge in [0.2, 0.25) is 11.8 Å². The molecule has 3 aromatic carbocycles. The van der Waals surface area contributed by atoms with Crippen molar-refractivity contribution in [3.8, 4) is 44.4 Å². The summed E-state index contributed by atoms with van der Waals surface area (Å²) in [6, 6.07) is 33.8. The van der Waals surface area contributed by atoms with Gasteiger partial charge in [-0.3, -0.25) is 45.5 Å². The van der Waals surface area contributed by atoms with E-state index in [-0.39, 0.29) is 103 Å². The first kappa shape index (κ1) is 112. The summed E-state index contributed by atoms with van der Waals surface area (Å²) in [5.74, 6) is -0.513. The number of amides is 4. The highest BCUT2D eigenvalue weighted by Gasteiger charge is 2.56. The van der Waals surface area contributed by atoms with Crippen LogP contribution in [0.15, 0.2) is 149 Å². The van der Waals surface area contributed by atoms with Crippen LogP contribution in [0.4, 0.5) is 14.4 Å². The van der Waals surface area contributed by atoms with E-state index in [4.69, 9.17) is 89.8 Å². The van der Waals surface area contributed by atoms with Crippen LogP contribution in [0.1, 0.15) is 207 Å². The van der Waals surface area contributed by atoms with Crippen LogP contribution in [0.3, 0.4) is 0 Å². The summed E-state index contributed by atoms with van der Waals surface area (Å²) in [6.07, 6.45) is -2.11. The molecule has 10 heterocycles. The molecule has 0 saturated heterocycles. The van der Waals surface area contributed by atoms with Gasteiger partial charge in [-0.2, -0.15) is 9.59 Å². The lowest BCUT2D eigenvalue weighted by molar-refractivity contribution is -0.191. The van der Waals surface area contributed by atoms with Crippen molar-refractivity contribution >= 4 is 191 Å². The Kier molecular flexibility index (Phi) is 35.1. The first-order valence-corrected chi connectivity index (χ1v) is 51.0. The highest BCUT2D eigenvalue weighted by molar-refractivity contribution is 7.94. The van der Waals surface area contributed by atoms with Crippen LogP contribution in [-0.4, -0.2) is 179 Å². The van der Waals surface area contributed by atoms with Gasteiger partial charge in [0.25, 0.3) is 17.7 Å². The van der Waals surface area contributed by atoms with Crippen molar-refractivity contribution in [3.63, 3.8) is 0 Å². The second kappa shape index (κ2) is 41.6. The number of carbonyl (C=O) groups excluding carboxylic acids is 7. The number of nitrogens with two attached hydrogens (primary N) is 1. The average molecular weight is 2070 g/mol. The molecule has 13 rings (SSSR count). The molecule has 0 spiro atoms. The van der Waals surface area contributed by atoms with E-state index in [1.165, 1.54) is 81.6 Å². The number of sulfone groups is 4. The van der Waals surface area contributed by atoms with Crippen molar-refractivity contribution in [1.82, 2.24) is 41.7 Å². The Morgan fingerprint density at radius 1 is 0.429 bits per heavy atom. The minimum atomic E-state index is -3.83. The van der Waals surface area contributed by atoms with E-state index in [0.717, 1.165) is 22.5 Å². The molecule has 45 heteroatoms. The zero-order valence-electron chi connectivity index (χ0n) is 74.7. The number of aliphatic imine (C=N–C) groups is 4. The van der Waals surface area contributed by atoms with Gasteiger partial charge in [0.15, 0.2) is 45.1 Å². The van der Waals surface area contributed by atoms with E-state index in [1.807, 2.05) is 60.7 Å². The third-order valence-electron chi connectivity index (χ3n) is 20.3. The van der Waals surface area contributed by atoms with Crippen molar-refractivity contribution in [3.05, 3.63) is 171 Å². The topological polar surface area (TPSA) is 485 Å². The predicted molar refractivity (Wildman–Crippen MR) is 526 cm³/mol. The van der Waals surface area contributed by atoms with E-state index in [2.05, 4.69) is 56.6 Å². The molecule has 724 valence electrons. The number of ketones is 1. The van der Waals surface area contributed by atoms with Crippen LogP contribution < -0.4 is 27.0 Å². The fourth-order valence-corrected chi connectivity index (χ4v) is 26.1. The van der Waals surface area contributed by atoms with Crippen molar-refractivity contribution in [2.45, 2.75) is 226 Å². The van der Waals surface area contributed by atoms with Crippen molar-refractivity contribution in [2.75, 3.05) is 29.6 Å². The Hall–Kier alpha value is -9.49. The molecule has 33 nitrogen and oxygen atoms in total. The molecule has 133 heavy (non-hydrogen) atoms. The van der Waals surface area contributed by atoms with E-state index < -0.39 is 121 Å². The molecular weight excluding hydrogens is 1960 g/mol. The van der Waals surface area contributed by atoms with Gasteiger partial charge in [-0.1, -0.05) is 135 Å². The number of carbonyl (C=O) groups is 5. The van der Waals surface area contributed by atoms with Crippen LogP contribution >= 0.6 is 91.8 Å². The fraction of sp³-hybridized carbons (Fsp3) is 0.455. The Labute approximate surface area is 811 Å². The molecule has 0 bridgehead atoms. The standard InChI is InChI=1S/C25H30ClN3O6S2.C24H27ClN4O5S2.C19H19ClN4O3S2.C16H23ClN2O4S2.CO2.3CH4/c1-23(2,3)35-22(32)28-21-24(4,5)37(33,34)14-25(6,29-21)19-16(26)12-18(36-19)20(31)27-13-17(30)15-10-8-7-9-11-15;1-22(2,3)34-21(30)26-20-23(4,5)36(31,32)13-24(6,27-20)17-15(25)12-16(35-17)19-29-28-18(33-19)14-10-8-7-9-11-14;1-18(2)17(21)22-19(3,10-29(18,25)26)14-12(20)9-13(28-14)16-24-23-15(27-16)11-7-5-4-6-8-11;1-14(2,3)23-13(20)18-12-15(4,5)25(21,22)9-16(6,19-12)11-10(17)7-8-24-11;2-1-3;;;/h7-12H,13-14H2,1-6H3,(H,27,31)(H,28,29,32);7-12H,13H2,1-6H3,(H,26,27,30);4-9H,10H2,1-3H3,(H2,21,22);7-8H,9H2,1-6H3,(H,18,19,20);;3*1H4/t25-;24-;19-;16-;;;;/m0000..../s1. The number of halogens is 4. The smallest absolute Gasteiger partial charge is 0.413 e. The quantitative estimate of drug-likeness (QED) is 0.0560. The van der Waals surface area contributed by atoms with Gasteiger partial charge < -0.3 is 34.1 Å². The molecule has 0 saturated carbocycles. The number of hydrogen-bond acceptors (Lipinski definition) is 33. The largest absolute Gasteiger partial charge is 0.444 e. The number of ether oxygens (including phenoxy) is 3. The predicted octanol–water partition coefficient (Wildman–Crippen LogP) is 18.8. The molecule has 0 aliphatic carbocycles. The summed E-state index contributed by atoms with van der Waals surface area (Å²) in [5.41, 5.74) is 1.02. The number of amidine groups is 4. The van der Waals surface area contributed by atoms with Crippen LogP contribution in [-0.2, 0) is 85.3 Å². The highest BCUT2D eigenvalue weighted by atomic mass is 35.5. The number of rotatable bonds is 12. The molecule has 0 radical (unpaired) electrons. The lowest BCUT2D eigenvalue weighted by Gasteiger charge is -2.38. The summed E-state index contributed by atoms with van der Waals surface area (Å²) in [5, 5.41) is 29.7. The number of thiophene rings is 4. The summed E-state index contributed by atoms with van der Waals surface area (Å²) in [6.45, 7) is 33.9. The summed E-state index contributed by atoms with van der Waals surface area (Å²) in [7, 11) is -14.7. The average Bonchev–Trinajstić information content (AvgIpc) is 1.74. The Balaban J connectivity index is 0.000000271. The molecule has 4 amide bonds. The molecular formula is C88H111Cl4N13O20S8. The monoisotopic (exact) mass is 2070 g/mol. The molecule has 6 N–H and O–H groups in total. The van der Waals surface area contributed by atoms with Gasteiger partial charge in [0.05, 0.1) is 83.8 Å². The van der Waals surface area contributed by atoms with Crippen LogP contribution in [0.25, 0.3) is 44.4 Å². The number of alkyl carbamates (subject to hydrolysis) is 3. The fourth-order valence-electron chi connectivity index (χ4n) is 12.9. The number of nitrogens with one attached hydrogen (secondary N) is 4. The summed E-state index contributed by atoms with van der Waals surface area (Å²) >= 11 is 30.5. The van der Waals surface area contributed by atoms with Crippen LogP contribution in [0, 0.1) is 0 Å². The van der Waals surface area contributed by atoms with E-state index in [9.17, 15) is 57.6 Å². The number of aromatic nitrogens is 4.